The lowest BCUT2D eigenvalue weighted by atomic mass is 10.3. The van der Waals surface area contributed by atoms with Crippen molar-refractivity contribution in [3.8, 4) is 0 Å². The van der Waals surface area contributed by atoms with Crippen molar-refractivity contribution in [2.45, 2.75) is 40.5 Å². The molecule has 0 bridgehead atoms. The molecule has 1 fully saturated rings. The van der Waals surface area contributed by atoms with Gasteiger partial charge in [-0.05, 0) is 26.7 Å². The molecule has 9 nitrogen and oxygen atoms in total. The highest BCUT2D eigenvalue weighted by molar-refractivity contribution is 7.89. The van der Waals surface area contributed by atoms with Gasteiger partial charge in [0.15, 0.2) is 0 Å². The minimum Gasteiger partial charge on any atom is -0.350 e. The highest BCUT2D eigenvalue weighted by Gasteiger charge is 2.30. The van der Waals surface area contributed by atoms with Gasteiger partial charge in [-0.2, -0.15) is 4.31 Å². The quantitative estimate of drug-likeness (QED) is 0.593. The highest BCUT2D eigenvalue weighted by atomic mass is 32.2. The van der Waals surface area contributed by atoms with Crippen molar-refractivity contribution < 1.29 is 18.0 Å². The van der Waals surface area contributed by atoms with Gasteiger partial charge in [0.2, 0.25) is 10.0 Å². The molecule has 2 amide bonds. The van der Waals surface area contributed by atoms with Crippen LogP contribution in [0.15, 0.2) is 0 Å². The second kappa shape index (κ2) is 10.4. The minimum absolute atomic E-state index is 0.0267. The third kappa shape index (κ3) is 5.53. The van der Waals surface area contributed by atoms with Crippen molar-refractivity contribution in [2.75, 3.05) is 38.5 Å². The molecular formula is C20H29N5O4S3. The third-order valence-corrected chi connectivity index (χ3v) is 9.71. The molecule has 1 aliphatic heterocycles. The molecule has 0 aromatic carbocycles. The summed E-state index contributed by atoms with van der Waals surface area (Å²) in [6.07, 6.45) is 1.54. The average Bonchev–Trinajstić information content (AvgIpc) is 3.35. The van der Waals surface area contributed by atoms with Gasteiger partial charge >= 0.3 is 0 Å². The number of nitrogens with zero attached hydrogens (tertiary/aromatic N) is 4. The monoisotopic (exact) mass is 499 g/mol. The molecule has 2 aromatic rings. The first-order valence-electron chi connectivity index (χ1n) is 10.6. The summed E-state index contributed by atoms with van der Waals surface area (Å²) < 4.78 is 26.8. The van der Waals surface area contributed by atoms with Crippen LogP contribution in [0.25, 0.3) is 0 Å². The molecule has 1 aliphatic rings. The van der Waals surface area contributed by atoms with Crippen LogP contribution in [0, 0.1) is 13.8 Å². The van der Waals surface area contributed by atoms with Crippen LogP contribution in [0.5, 0.6) is 0 Å². The van der Waals surface area contributed by atoms with E-state index in [1.807, 2.05) is 20.8 Å². The Balaban J connectivity index is 1.51. The standard InChI is InChI=1S/C20H29N5O4S3/c1-5-15-22-13(3)17(30-15)19(26)21-7-12-32(28,29)25-10-8-24(9-11-25)20(27)18-14(4)23-16(6-2)31-18/h5-12H2,1-4H3,(H,21,26). The normalized spacial score (nSPS) is 15.2. The van der Waals surface area contributed by atoms with Gasteiger partial charge in [-0.1, -0.05) is 13.8 Å². The van der Waals surface area contributed by atoms with E-state index in [4.69, 9.17) is 0 Å². The van der Waals surface area contributed by atoms with E-state index in [2.05, 4.69) is 15.3 Å². The minimum atomic E-state index is -3.53. The van der Waals surface area contributed by atoms with Gasteiger partial charge in [0.1, 0.15) is 9.75 Å². The van der Waals surface area contributed by atoms with Gasteiger partial charge in [0.05, 0.1) is 27.2 Å². The van der Waals surface area contributed by atoms with E-state index in [0.717, 1.165) is 28.6 Å². The van der Waals surface area contributed by atoms with Crippen molar-refractivity contribution in [1.82, 2.24) is 24.5 Å². The van der Waals surface area contributed by atoms with Crippen LogP contribution >= 0.6 is 22.7 Å². The van der Waals surface area contributed by atoms with Crippen molar-refractivity contribution in [3.63, 3.8) is 0 Å². The Bertz CT molecular complexity index is 1080. The molecular weight excluding hydrogens is 470 g/mol. The number of thiazole rings is 2. The summed E-state index contributed by atoms with van der Waals surface area (Å²) in [7, 11) is -3.53. The van der Waals surface area contributed by atoms with E-state index in [1.165, 1.54) is 27.0 Å². The van der Waals surface area contributed by atoms with Crippen LogP contribution in [0.4, 0.5) is 0 Å². The number of carbonyl (C=O) groups excluding carboxylic acids is 2. The summed E-state index contributed by atoms with van der Waals surface area (Å²) in [6, 6.07) is 0. The maximum absolute atomic E-state index is 12.8. The fourth-order valence-corrected chi connectivity index (χ4v) is 6.66. The molecule has 0 unspecified atom stereocenters. The van der Waals surface area contributed by atoms with Gasteiger partial charge in [-0.15, -0.1) is 22.7 Å². The summed E-state index contributed by atoms with van der Waals surface area (Å²) >= 11 is 2.74. The van der Waals surface area contributed by atoms with Crippen LogP contribution in [-0.4, -0.2) is 77.9 Å². The van der Waals surface area contributed by atoms with E-state index in [0.29, 0.717) is 28.5 Å². The molecule has 12 heteroatoms. The van der Waals surface area contributed by atoms with E-state index in [9.17, 15) is 18.0 Å². The van der Waals surface area contributed by atoms with Gasteiger partial charge in [-0.25, -0.2) is 18.4 Å². The molecule has 0 aliphatic carbocycles. The van der Waals surface area contributed by atoms with Crippen LogP contribution in [0.3, 0.4) is 0 Å². The fourth-order valence-electron chi connectivity index (χ4n) is 3.43. The van der Waals surface area contributed by atoms with E-state index in [1.54, 1.807) is 11.8 Å². The molecule has 0 atom stereocenters. The fraction of sp³-hybridized carbons (Fsp3) is 0.600. The van der Waals surface area contributed by atoms with E-state index >= 15 is 0 Å². The molecule has 1 N–H and O–H groups in total. The number of rotatable bonds is 8. The smallest absolute Gasteiger partial charge is 0.265 e. The number of nitrogens with one attached hydrogen (secondary N) is 1. The molecule has 0 radical (unpaired) electrons. The van der Waals surface area contributed by atoms with Crippen molar-refractivity contribution in [2.24, 2.45) is 0 Å². The Morgan fingerprint density at radius 3 is 2.00 bits per heavy atom. The average molecular weight is 500 g/mol. The Morgan fingerprint density at radius 2 is 1.47 bits per heavy atom. The second-order valence-corrected chi connectivity index (χ2v) is 11.8. The topological polar surface area (TPSA) is 113 Å². The number of carbonyl (C=O) groups is 2. The summed E-state index contributed by atoms with van der Waals surface area (Å²) in [5.74, 6) is -0.564. The van der Waals surface area contributed by atoms with Crippen molar-refractivity contribution in [1.29, 1.82) is 0 Å². The number of sulfonamides is 1. The number of aryl methyl sites for hydroxylation is 4. The highest BCUT2D eigenvalue weighted by Crippen LogP contribution is 2.22. The molecule has 2 aromatic heterocycles. The molecule has 0 spiro atoms. The van der Waals surface area contributed by atoms with E-state index in [-0.39, 0.29) is 37.2 Å². The summed E-state index contributed by atoms with van der Waals surface area (Å²) in [6.45, 7) is 8.77. The lowest BCUT2D eigenvalue weighted by Gasteiger charge is -2.33. The Labute approximate surface area is 196 Å². The zero-order chi connectivity index (χ0) is 23.5. The zero-order valence-electron chi connectivity index (χ0n) is 18.8. The van der Waals surface area contributed by atoms with Crippen LogP contribution in [0.1, 0.15) is 54.6 Å². The number of hydrogen-bond donors (Lipinski definition) is 1. The van der Waals surface area contributed by atoms with Crippen LogP contribution in [-0.2, 0) is 22.9 Å². The zero-order valence-corrected chi connectivity index (χ0v) is 21.3. The van der Waals surface area contributed by atoms with Crippen LogP contribution in [0.2, 0.25) is 0 Å². The van der Waals surface area contributed by atoms with Gasteiger partial charge in [-0.3, -0.25) is 9.59 Å². The predicted molar refractivity (Wildman–Crippen MR) is 126 cm³/mol. The molecule has 0 saturated carbocycles. The lowest BCUT2D eigenvalue weighted by molar-refractivity contribution is 0.0701. The van der Waals surface area contributed by atoms with E-state index < -0.39 is 10.0 Å². The number of aromatic nitrogens is 2. The van der Waals surface area contributed by atoms with Gasteiger partial charge in [0, 0.05) is 32.7 Å². The van der Waals surface area contributed by atoms with Crippen molar-refractivity contribution in [3.05, 3.63) is 31.2 Å². The third-order valence-electron chi connectivity index (χ3n) is 5.25. The maximum atomic E-state index is 12.8. The largest absolute Gasteiger partial charge is 0.350 e. The van der Waals surface area contributed by atoms with Gasteiger partial charge in [0.25, 0.3) is 11.8 Å². The lowest BCUT2D eigenvalue weighted by Crippen LogP contribution is -2.51. The molecule has 176 valence electrons. The first-order valence-corrected chi connectivity index (χ1v) is 13.9. The number of hydrogen-bond acceptors (Lipinski definition) is 8. The SMILES string of the molecule is CCc1nc(C)c(C(=O)NCCS(=O)(=O)N2CCN(C(=O)c3sc(CC)nc3C)CC2)s1. The number of piperazine rings is 1. The maximum Gasteiger partial charge on any atom is 0.265 e. The van der Waals surface area contributed by atoms with Crippen LogP contribution < -0.4 is 5.32 Å². The Morgan fingerprint density at radius 1 is 0.938 bits per heavy atom. The summed E-state index contributed by atoms with van der Waals surface area (Å²) in [4.78, 5) is 36.8. The summed E-state index contributed by atoms with van der Waals surface area (Å²) in [5.41, 5.74) is 1.39. The molecule has 3 rings (SSSR count). The molecule has 32 heavy (non-hydrogen) atoms. The Hall–Kier alpha value is -1.89. The molecule has 3 heterocycles. The first kappa shape index (κ1) is 24.7. The number of amides is 2. The first-order chi connectivity index (χ1) is 15.2. The van der Waals surface area contributed by atoms with Crippen molar-refractivity contribution >= 4 is 44.5 Å². The Kier molecular flexibility index (Phi) is 8.01. The summed E-state index contributed by atoms with van der Waals surface area (Å²) in [5, 5.41) is 4.50. The predicted octanol–water partition coefficient (Wildman–Crippen LogP) is 1.86. The molecule has 1 saturated heterocycles. The van der Waals surface area contributed by atoms with Gasteiger partial charge < -0.3 is 10.2 Å². The second-order valence-electron chi connectivity index (χ2n) is 7.51.